The van der Waals surface area contributed by atoms with E-state index in [-0.39, 0.29) is 0 Å². The van der Waals surface area contributed by atoms with Crippen LogP contribution in [0.4, 0.5) is 0 Å². The van der Waals surface area contributed by atoms with Crippen LogP contribution in [0.3, 0.4) is 0 Å². The van der Waals surface area contributed by atoms with Gasteiger partial charge in [-0.15, -0.1) is 0 Å². The first-order valence-electron chi connectivity index (χ1n) is 7.05. The van der Waals surface area contributed by atoms with Gasteiger partial charge in [0, 0.05) is 56.7 Å². The lowest BCUT2D eigenvalue weighted by molar-refractivity contribution is 0.0979. The van der Waals surface area contributed by atoms with Gasteiger partial charge in [-0.25, -0.2) is 9.97 Å². The molecule has 5 heteroatoms. The lowest BCUT2D eigenvalue weighted by atomic mass is 10.1. The molecule has 106 valence electrons. The Kier molecular flexibility index (Phi) is 4.40. The van der Waals surface area contributed by atoms with Gasteiger partial charge in [0.1, 0.15) is 6.33 Å². The number of thiophene rings is 1. The van der Waals surface area contributed by atoms with Gasteiger partial charge in [-0.05, 0) is 29.3 Å². The highest BCUT2D eigenvalue weighted by atomic mass is 32.1. The van der Waals surface area contributed by atoms with Crippen LogP contribution in [0.25, 0.3) is 0 Å². The van der Waals surface area contributed by atoms with E-state index in [4.69, 9.17) is 0 Å². The molecule has 0 radical (unpaired) electrons. The van der Waals surface area contributed by atoms with Crippen molar-refractivity contribution >= 4 is 11.3 Å². The SMILES string of the molecule is C[C@@H](c1ccsc1)N1CCN(Cc2cncnc2)CC1. The first kappa shape index (κ1) is 13.7. The summed E-state index contributed by atoms with van der Waals surface area (Å²) in [5, 5.41) is 4.43. The van der Waals surface area contributed by atoms with E-state index in [0.29, 0.717) is 6.04 Å². The molecule has 1 aliphatic rings. The van der Waals surface area contributed by atoms with Crippen molar-refractivity contribution < 1.29 is 0 Å². The minimum absolute atomic E-state index is 0.531. The van der Waals surface area contributed by atoms with Crippen molar-refractivity contribution in [3.05, 3.63) is 46.7 Å². The molecule has 0 bridgehead atoms. The maximum absolute atomic E-state index is 4.08. The van der Waals surface area contributed by atoms with Crippen LogP contribution in [0.15, 0.2) is 35.5 Å². The molecule has 3 rings (SSSR count). The molecule has 0 saturated carbocycles. The van der Waals surface area contributed by atoms with E-state index in [1.165, 1.54) is 11.1 Å². The van der Waals surface area contributed by atoms with Crippen LogP contribution in [-0.2, 0) is 6.54 Å². The predicted octanol–water partition coefficient (Wildman–Crippen LogP) is 2.42. The van der Waals surface area contributed by atoms with Crippen molar-refractivity contribution in [3.8, 4) is 0 Å². The van der Waals surface area contributed by atoms with Gasteiger partial charge in [0.25, 0.3) is 0 Å². The summed E-state index contributed by atoms with van der Waals surface area (Å²) in [5.41, 5.74) is 2.65. The number of hydrogen-bond donors (Lipinski definition) is 0. The molecule has 0 unspecified atom stereocenters. The van der Waals surface area contributed by atoms with Gasteiger partial charge in [0.2, 0.25) is 0 Å². The average Bonchev–Trinajstić information content (AvgIpc) is 3.03. The topological polar surface area (TPSA) is 32.3 Å². The first-order chi connectivity index (χ1) is 9.83. The van der Waals surface area contributed by atoms with Crippen molar-refractivity contribution in [1.29, 1.82) is 0 Å². The molecule has 1 saturated heterocycles. The van der Waals surface area contributed by atoms with Gasteiger partial charge in [0.15, 0.2) is 0 Å². The number of aromatic nitrogens is 2. The maximum Gasteiger partial charge on any atom is 0.115 e. The summed E-state index contributed by atoms with van der Waals surface area (Å²) in [6, 6.07) is 2.77. The largest absolute Gasteiger partial charge is 0.296 e. The molecule has 1 fully saturated rings. The Balaban J connectivity index is 1.52. The standard InChI is InChI=1S/C15H20N4S/c1-13(15-2-7-20-11-15)19-5-3-18(4-6-19)10-14-8-16-12-17-9-14/h2,7-9,11-13H,3-6,10H2,1H3/t13-/m0/s1. The van der Waals surface area contributed by atoms with Gasteiger partial charge in [-0.1, -0.05) is 0 Å². The number of rotatable bonds is 4. The Labute approximate surface area is 124 Å². The first-order valence-corrected chi connectivity index (χ1v) is 7.99. The third kappa shape index (κ3) is 3.23. The van der Waals surface area contributed by atoms with Crippen LogP contribution in [-0.4, -0.2) is 45.9 Å². The second-order valence-electron chi connectivity index (χ2n) is 5.29. The third-order valence-corrected chi connectivity index (χ3v) is 4.70. The average molecular weight is 288 g/mol. The van der Waals surface area contributed by atoms with E-state index < -0.39 is 0 Å². The molecule has 20 heavy (non-hydrogen) atoms. The van der Waals surface area contributed by atoms with Crippen LogP contribution < -0.4 is 0 Å². The quantitative estimate of drug-likeness (QED) is 0.865. The van der Waals surface area contributed by atoms with Crippen LogP contribution in [0.5, 0.6) is 0 Å². The van der Waals surface area contributed by atoms with Gasteiger partial charge in [0.05, 0.1) is 0 Å². The second kappa shape index (κ2) is 6.43. The van der Waals surface area contributed by atoms with Crippen molar-refractivity contribution in [2.24, 2.45) is 0 Å². The number of nitrogens with zero attached hydrogens (tertiary/aromatic N) is 4. The molecule has 3 heterocycles. The molecule has 0 spiro atoms. The summed E-state index contributed by atoms with van der Waals surface area (Å²) in [5.74, 6) is 0. The van der Waals surface area contributed by atoms with Gasteiger partial charge in [-0.2, -0.15) is 11.3 Å². The molecule has 1 atom stereocenters. The van der Waals surface area contributed by atoms with E-state index in [1.54, 1.807) is 17.7 Å². The smallest absolute Gasteiger partial charge is 0.115 e. The Bertz CT molecular complexity index is 506. The van der Waals surface area contributed by atoms with Crippen molar-refractivity contribution in [2.45, 2.75) is 19.5 Å². The summed E-state index contributed by atoms with van der Waals surface area (Å²) in [7, 11) is 0. The van der Waals surface area contributed by atoms with Crippen LogP contribution in [0, 0.1) is 0 Å². The molecule has 0 aliphatic carbocycles. The van der Waals surface area contributed by atoms with Gasteiger partial charge >= 0.3 is 0 Å². The summed E-state index contributed by atoms with van der Waals surface area (Å²) in [4.78, 5) is 13.2. The highest BCUT2D eigenvalue weighted by molar-refractivity contribution is 7.07. The van der Waals surface area contributed by atoms with Crippen molar-refractivity contribution in [2.75, 3.05) is 26.2 Å². The molecule has 0 aromatic carbocycles. The molecule has 1 aliphatic heterocycles. The summed E-state index contributed by atoms with van der Waals surface area (Å²) in [6.45, 7) is 7.76. The lowest BCUT2D eigenvalue weighted by Crippen LogP contribution is -2.46. The minimum atomic E-state index is 0.531. The predicted molar refractivity (Wildman–Crippen MR) is 81.6 cm³/mol. The molecule has 2 aromatic heterocycles. The third-order valence-electron chi connectivity index (χ3n) is 4.00. The minimum Gasteiger partial charge on any atom is -0.296 e. The van der Waals surface area contributed by atoms with Gasteiger partial charge in [-0.3, -0.25) is 9.80 Å². The zero-order valence-electron chi connectivity index (χ0n) is 11.8. The molecule has 0 amide bonds. The maximum atomic E-state index is 4.08. The molecule has 2 aromatic rings. The normalized spacial score (nSPS) is 19.1. The van der Waals surface area contributed by atoms with E-state index in [9.17, 15) is 0 Å². The second-order valence-corrected chi connectivity index (χ2v) is 6.07. The number of hydrogen-bond acceptors (Lipinski definition) is 5. The van der Waals surface area contributed by atoms with Crippen molar-refractivity contribution in [3.63, 3.8) is 0 Å². The Hall–Kier alpha value is -1.30. The van der Waals surface area contributed by atoms with Crippen LogP contribution >= 0.6 is 11.3 Å². The lowest BCUT2D eigenvalue weighted by Gasteiger charge is -2.37. The highest BCUT2D eigenvalue weighted by Gasteiger charge is 2.22. The monoisotopic (exact) mass is 288 g/mol. The number of piperazine rings is 1. The molecule has 4 nitrogen and oxygen atoms in total. The zero-order chi connectivity index (χ0) is 13.8. The van der Waals surface area contributed by atoms with Crippen LogP contribution in [0.2, 0.25) is 0 Å². The van der Waals surface area contributed by atoms with E-state index in [0.717, 1.165) is 32.7 Å². The fraction of sp³-hybridized carbons (Fsp3) is 0.467. The van der Waals surface area contributed by atoms with E-state index >= 15 is 0 Å². The zero-order valence-corrected chi connectivity index (χ0v) is 12.6. The Morgan fingerprint density at radius 3 is 2.60 bits per heavy atom. The Morgan fingerprint density at radius 1 is 1.20 bits per heavy atom. The highest BCUT2D eigenvalue weighted by Crippen LogP contribution is 2.23. The van der Waals surface area contributed by atoms with Crippen molar-refractivity contribution in [1.82, 2.24) is 19.8 Å². The summed E-state index contributed by atoms with van der Waals surface area (Å²) >= 11 is 1.78. The molecular formula is C15H20N4S. The van der Waals surface area contributed by atoms with E-state index in [2.05, 4.69) is 43.5 Å². The fourth-order valence-corrected chi connectivity index (χ4v) is 3.45. The summed E-state index contributed by atoms with van der Waals surface area (Å²) in [6.07, 6.45) is 5.41. The molecule has 0 N–H and O–H groups in total. The molecular weight excluding hydrogens is 268 g/mol. The van der Waals surface area contributed by atoms with E-state index in [1.807, 2.05) is 12.4 Å². The van der Waals surface area contributed by atoms with Crippen LogP contribution in [0.1, 0.15) is 24.1 Å². The fourth-order valence-electron chi connectivity index (χ4n) is 2.70. The summed E-state index contributed by atoms with van der Waals surface area (Å²) < 4.78 is 0. The Morgan fingerprint density at radius 2 is 1.95 bits per heavy atom. The van der Waals surface area contributed by atoms with Gasteiger partial charge < -0.3 is 0 Å².